The molecular weight excluding hydrogens is 506 g/mol. The zero-order valence-electron chi connectivity index (χ0n) is 26.5. The first-order valence-corrected chi connectivity index (χ1v) is 16.0. The molecule has 0 N–H and O–H groups in total. The van der Waals surface area contributed by atoms with Crippen LogP contribution < -0.4 is 9.47 Å². The highest BCUT2D eigenvalue weighted by Gasteiger charge is 2.40. The standard InChI is InChI=1S/C36H55N3O2/c1-6-8-10-12-18-31(19-13-11-9-7-2)36(29-37,32-20-15-23-35(28-32)41-5)26-16-21-33(39-38-3)25-24-30-17-14-22-34(27-30)40-4/h14-15,17,20,22-23,27-28,31,33H,6-13,16,18-19,21,24-26H2,1-5H3/b39-38+. The summed E-state index contributed by atoms with van der Waals surface area (Å²) in [5, 5.41) is 19.8. The molecule has 2 rings (SSSR count). The van der Waals surface area contributed by atoms with Crippen LogP contribution in [-0.4, -0.2) is 27.3 Å². The third kappa shape index (κ3) is 11.5. The molecular formula is C36H55N3O2. The van der Waals surface area contributed by atoms with Crippen molar-refractivity contribution in [2.24, 2.45) is 16.1 Å². The number of hydrogen-bond donors (Lipinski definition) is 0. The zero-order chi connectivity index (χ0) is 29.8. The summed E-state index contributed by atoms with van der Waals surface area (Å²) >= 11 is 0. The third-order valence-electron chi connectivity index (χ3n) is 8.58. The summed E-state index contributed by atoms with van der Waals surface area (Å²) in [6.07, 6.45) is 16.6. The van der Waals surface area contributed by atoms with Crippen molar-refractivity contribution >= 4 is 0 Å². The van der Waals surface area contributed by atoms with Gasteiger partial charge < -0.3 is 9.47 Å². The Morgan fingerprint density at radius 3 is 2.00 bits per heavy atom. The quantitative estimate of drug-likeness (QED) is 0.106. The fraction of sp³-hybridized carbons (Fsp3) is 0.639. The van der Waals surface area contributed by atoms with Crippen LogP contribution in [0.15, 0.2) is 58.8 Å². The zero-order valence-corrected chi connectivity index (χ0v) is 26.5. The number of nitriles is 1. The van der Waals surface area contributed by atoms with E-state index in [0.29, 0.717) is 5.92 Å². The number of aryl methyl sites for hydroxylation is 1. The lowest BCUT2D eigenvalue weighted by atomic mass is 9.64. The lowest BCUT2D eigenvalue weighted by Gasteiger charge is -2.37. The van der Waals surface area contributed by atoms with Gasteiger partial charge >= 0.3 is 0 Å². The molecule has 2 atom stereocenters. The highest BCUT2D eigenvalue weighted by Crippen LogP contribution is 2.43. The minimum absolute atomic E-state index is 0.139. The molecule has 0 bridgehead atoms. The monoisotopic (exact) mass is 561 g/mol. The number of hydrogen-bond acceptors (Lipinski definition) is 5. The fourth-order valence-corrected chi connectivity index (χ4v) is 6.17. The molecule has 0 spiro atoms. The molecule has 0 amide bonds. The molecule has 5 nitrogen and oxygen atoms in total. The SMILES string of the molecule is CCCCCCC(CCCCCC)C(C#N)(CCCC(CCc1cccc(OC)c1)/N=N/C)c1cccc(OC)c1. The van der Waals surface area contributed by atoms with Crippen LogP contribution in [0.5, 0.6) is 11.5 Å². The van der Waals surface area contributed by atoms with Crippen LogP contribution >= 0.6 is 0 Å². The summed E-state index contributed by atoms with van der Waals surface area (Å²) in [5.74, 6) is 2.04. The lowest BCUT2D eigenvalue weighted by Crippen LogP contribution is -2.34. The van der Waals surface area contributed by atoms with Gasteiger partial charge in [0.2, 0.25) is 0 Å². The van der Waals surface area contributed by atoms with Crippen molar-refractivity contribution in [2.75, 3.05) is 21.3 Å². The summed E-state index contributed by atoms with van der Waals surface area (Å²) in [4.78, 5) is 0. The van der Waals surface area contributed by atoms with E-state index in [4.69, 9.17) is 9.47 Å². The van der Waals surface area contributed by atoms with E-state index in [1.807, 2.05) is 24.3 Å². The molecule has 5 heteroatoms. The van der Waals surface area contributed by atoms with Crippen LogP contribution in [-0.2, 0) is 11.8 Å². The Labute approximate surface area is 250 Å². The largest absolute Gasteiger partial charge is 0.497 e. The minimum atomic E-state index is -0.534. The van der Waals surface area contributed by atoms with E-state index in [2.05, 4.69) is 54.4 Å². The molecule has 226 valence electrons. The van der Waals surface area contributed by atoms with Crippen molar-refractivity contribution in [2.45, 2.75) is 122 Å². The van der Waals surface area contributed by atoms with Crippen LogP contribution in [0.2, 0.25) is 0 Å². The van der Waals surface area contributed by atoms with Crippen LogP contribution in [0.25, 0.3) is 0 Å². The predicted octanol–water partition coefficient (Wildman–Crippen LogP) is 10.3. The van der Waals surface area contributed by atoms with E-state index in [-0.39, 0.29) is 6.04 Å². The minimum Gasteiger partial charge on any atom is -0.497 e. The Hall–Kier alpha value is -2.87. The topological polar surface area (TPSA) is 67.0 Å². The Morgan fingerprint density at radius 1 is 0.780 bits per heavy atom. The molecule has 41 heavy (non-hydrogen) atoms. The number of benzene rings is 2. The molecule has 0 saturated heterocycles. The first-order valence-electron chi connectivity index (χ1n) is 16.0. The highest BCUT2D eigenvalue weighted by molar-refractivity contribution is 5.39. The average Bonchev–Trinajstić information content (AvgIpc) is 3.01. The van der Waals surface area contributed by atoms with Gasteiger partial charge in [-0.25, -0.2) is 0 Å². The van der Waals surface area contributed by atoms with Crippen molar-refractivity contribution in [1.82, 2.24) is 0 Å². The molecule has 0 heterocycles. The van der Waals surface area contributed by atoms with Crippen molar-refractivity contribution in [3.8, 4) is 17.6 Å². The first-order chi connectivity index (χ1) is 20.1. The summed E-state index contributed by atoms with van der Waals surface area (Å²) in [6, 6.07) is 19.6. The van der Waals surface area contributed by atoms with Crippen LogP contribution in [0.1, 0.15) is 115 Å². The molecule has 0 fully saturated rings. The lowest BCUT2D eigenvalue weighted by molar-refractivity contribution is 0.257. The fourth-order valence-electron chi connectivity index (χ4n) is 6.17. The molecule has 0 aromatic heterocycles. The second kappa shape index (κ2) is 20.1. The summed E-state index contributed by atoms with van der Waals surface area (Å²) in [5.41, 5.74) is 1.83. The number of methoxy groups -OCH3 is 2. The summed E-state index contributed by atoms with van der Waals surface area (Å²) in [7, 11) is 5.18. The second-order valence-electron chi connectivity index (χ2n) is 11.5. The number of nitrogens with zero attached hydrogens (tertiary/aromatic N) is 3. The molecule has 0 saturated carbocycles. The Kier molecular flexibility index (Phi) is 16.8. The van der Waals surface area contributed by atoms with Gasteiger partial charge in [-0.2, -0.15) is 15.5 Å². The Morgan fingerprint density at radius 2 is 1.41 bits per heavy atom. The van der Waals surface area contributed by atoms with Gasteiger partial charge in [0.25, 0.3) is 0 Å². The van der Waals surface area contributed by atoms with Gasteiger partial charge in [-0.05, 0) is 86.3 Å². The van der Waals surface area contributed by atoms with Gasteiger partial charge in [0, 0.05) is 7.05 Å². The number of azo groups is 1. The van der Waals surface area contributed by atoms with Crippen molar-refractivity contribution in [3.05, 3.63) is 59.7 Å². The van der Waals surface area contributed by atoms with Crippen molar-refractivity contribution in [3.63, 3.8) is 0 Å². The van der Waals surface area contributed by atoms with E-state index in [1.54, 1.807) is 21.3 Å². The van der Waals surface area contributed by atoms with E-state index >= 15 is 0 Å². The van der Waals surface area contributed by atoms with Crippen molar-refractivity contribution in [1.29, 1.82) is 5.26 Å². The van der Waals surface area contributed by atoms with Gasteiger partial charge in [-0.3, -0.25) is 0 Å². The van der Waals surface area contributed by atoms with Gasteiger partial charge in [0.15, 0.2) is 0 Å². The van der Waals surface area contributed by atoms with E-state index < -0.39 is 5.41 Å². The molecule has 2 unspecified atom stereocenters. The Balaban J connectivity index is 2.26. The molecule has 0 aliphatic carbocycles. The predicted molar refractivity (Wildman–Crippen MR) is 171 cm³/mol. The summed E-state index contributed by atoms with van der Waals surface area (Å²) < 4.78 is 11.0. The highest BCUT2D eigenvalue weighted by atomic mass is 16.5. The Bertz CT molecular complexity index is 1040. The van der Waals surface area contributed by atoms with Crippen LogP contribution in [0.3, 0.4) is 0 Å². The smallest absolute Gasteiger partial charge is 0.119 e. The first kappa shape index (κ1) is 34.3. The van der Waals surface area contributed by atoms with Gasteiger partial charge in [0.1, 0.15) is 11.5 Å². The summed E-state index contributed by atoms with van der Waals surface area (Å²) in [6.45, 7) is 4.52. The average molecular weight is 562 g/mol. The van der Waals surface area contributed by atoms with Crippen LogP contribution in [0.4, 0.5) is 0 Å². The van der Waals surface area contributed by atoms with Gasteiger partial charge in [-0.15, -0.1) is 0 Å². The molecule has 0 radical (unpaired) electrons. The molecule has 0 aliphatic rings. The number of unbranched alkanes of at least 4 members (excludes halogenated alkanes) is 6. The molecule has 2 aromatic carbocycles. The van der Waals surface area contributed by atoms with E-state index in [9.17, 15) is 5.26 Å². The van der Waals surface area contributed by atoms with Crippen molar-refractivity contribution < 1.29 is 9.47 Å². The van der Waals surface area contributed by atoms with Gasteiger partial charge in [0.05, 0.1) is 31.7 Å². The molecule has 0 aliphatic heterocycles. The third-order valence-corrected chi connectivity index (χ3v) is 8.58. The maximum absolute atomic E-state index is 11.0. The van der Waals surface area contributed by atoms with E-state index in [1.165, 1.54) is 56.9 Å². The second-order valence-corrected chi connectivity index (χ2v) is 11.5. The maximum atomic E-state index is 11.0. The molecule has 2 aromatic rings. The number of ether oxygens (including phenoxy) is 2. The van der Waals surface area contributed by atoms with E-state index in [0.717, 1.165) is 62.0 Å². The number of rotatable bonds is 22. The van der Waals surface area contributed by atoms with Crippen LogP contribution in [0, 0.1) is 17.2 Å². The van der Waals surface area contributed by atoms with Gasteiger partial charge in [-0.1, -0.05) is 89.5 Å². The normalized spacial score (nSPS) is 13.7. The maximum Gasteiger partial charge on any atom is 0.119 e.